The van der Waals surface area contributed by atoms with Crippen molar-refractivity contribution in [3.05, 3.63) is 35.7 Å². The van der Waals surface area contributed by atoms with Gasteiger partial charge in [-0.1, -0.05) is 23.9 Å². The first-order chi connectivity index (χ1) is 11.5. The van der Waals surface area contributed by atoms with Gasteiger partial charge in [-0.2, -0.15) is 0 Å². The molecule has 1 aliphatic rings. The zero-order valence-corrected chi connectivity index (χ0v) is 14.8. The van der Waals surface area contributed by atoms with E-state index in [9.17, 15) is 9.59 Å². The summed E-state index contributed by atoms with van der Waals surface area (Å²) in [7, 11) is 1.94. The number of hydrogen-bond acceptors (Lipinski definition) is 5. The van der Waals surface area contributed by atoms with Gasteiger partial charge < -0.3 is 9.88 Å². The molecule has 24 heavy (non-hydrogen) atoms. The molecule has 1 saturated carbocycles. The molecule has 6 nitrogen and oxygen atoms in total. The van der Waals surface area contributed by atoms with E-state index in [4.69, 9.17) is 0 Å². The van der Waals surface area contributed by atoms with Crippen molar-refractivity contribution in [3.8, 4) is 0 Å². The van der Waals surface area contributed by atoms with Crippen LogP contribution in [0.25, 0.3) is 0 Å². The Morgan fingerprint density at radius 3 is 2.75 bits per heavy atom. The summed E-state index contributed by atoms with van der Waals surface area (Å²) in [5, 5.41) is 11.7. The molecule has 2 aromatic rings. The van der Waals surface area contributed by atoms with Gasteiger partial charge in [0.05, 0.1) is 5.25 Å². The highest BCUT2D eigenvalue weighted by atomic mass is 32.2. The van der Waals surface area contributed by atoms with Gasteiger partial charge in [0.25, 0.3) is 0 Å². The summed E-state index contributed by atoms with van der Waals surface area (Å²) in [5.74, 6) is 1.37. The van der Waals surface area contributed by atoms with Crippen molar-refractivity contribution in [2.75, 3.05) is 5.32 Å². The van der Waals surface area contributed by atoms with Crippen LogP contribution in [0.3, 0.4) is 0 Å². The fourth-order valence-electron chi connectivity index (χ4n) is 2.40. The number of carbonyl (C=O) groups excluding carboxylic acids is 2. The fourth-order valence-corrected chi connectivity index (χ4v) is 3.22. The third-order valence-corrected chi connectivity index (χ3v) is 5.13. The van der Waals surface area contributed by atoms with Crippen LogP contribution in [0.5, 0.6) is 0 Å². The SMILES string of the molecule is CC(=O)c1cccc(NC(=O)[C@@H](C)Sc2nnc(C3CC3)n2C)c1. The van der Waals surface area contributed by atoms with E-state index in [1.54, 1.807) is 24.3 Å². The molecule has 7 heteroatoms. The van der Waals surface area contributed by atoms with Gasteiger partial charge in [-0.25, -0.2) is 0 Å². The molecule has 0 radical (unpaired) electrons. The van der Waals surface area contributed by atoms with Crippen LogP contribution >= 0.6 is 11.8 Å². The minimum Gasteiger partial charge on any atom is -0.325 e. The summed E-state index contributed by atoms with van der Waals surface area (Å²) in [5.41, 5.74) is 1.20. The second-order valence-electron chi connectivity index (χ2n) is 6.06. The Morgan fingerprint density at radius 1 is 1.33 bits per heavy atom. The van der Waals surface area contributed by atoms with Gasteiger partial charge in [0.1, 0.15) is 5.82 Å². The van der Waals surface area contributed by atoms with E-state index >= 15 is 0 Å². The van der Waals surface area contributed by atoms with Crippen LogP contribution in [0.1, 0.15) is 48.8 Å². The normalized spacial score (nSPS) is 15.1. The maximum absolute atomic E-state index is 12.4. The molecule has 1 aliphatic carbocycles. The number of rotatable bonds is 6. The van der Waals surface area contributed by atoms with Crippen LogP contribution in [-0.4, -0.2) is 31.7 Å². The third-order valence-electron chi connectivity index (χ3n) is 4.00. The van der Waals surface area contributed by atoms with Gasteiger partial charge >= 0.3 is 0 Å². The van der Waals surface area contributed by atoms with E-state index in [2.05, 4.69) is 15.5 Å². The lowest BCUT2D eigenvalue weighted by molar-refractivity contribution is -0.115. The monoisotopic (exact) mass is 344 g/mol. The maximum atomic E-state index is 12.4. The van der Waals surface area contributed by atoms with Crippen molar-refractivity contribution in [2.24, 2.45) is 7.05 Å². The van der Waals surface area contributed by atoms with E-state index in [0.717, 1.165) is 11.0 Å². The Balaban J connectivity index is 1.64. The number of ketones is 1. The Bertz CT molecular complexity index is 783. The van der Waals surface area contributed by atoms with Crippen LogP contribution in [0.2, 0.25) is 0 Å². The van der Waals surface area contributed by atoms with Gasteiger partial charge in [0.2, 0.25) is 5.91 Å². The summed E-state index contributed by atoms with van der Waals surface area (Å²) in [4.78, 5) is 23.8. The van der Waals surface area contributed by atoms with Crippen LogP contribution in [0.4, 0.5) is 5.69 Å². The molecular weight excluding hydrogens is 324 g/mol. The molecule has 1 atom stereocenters. The van der Waals surface area contributed by atoms with E-state index in [-0.39, 0.29) is 16.9 Å². The highest BCUT2D eigenvalue weighted by molar-refractivity contribution is 8.00. The molecular formula is C17H20N4O2S. The number of aromatic nitrogens is 3. The number of nitrogens with zero attached hydrogens (tertiary/aromatic N) is 3. The largest absolute Gasteiger partial charge is 0.325 e. The highest BCUT2D eigenvalue weighted by Gasteiger charge is 2.30. The Kier molecular flexibility index (Phi) is 4.71. The second kappa shape index (κ2) is 6.76. The minimum absolute atomic E-state index is 0.0276. The molecule has 1 heterocycles. The number of hydrogen-bond donors (Lipinski definition) is 1. The molecule has 1 amide bonds. The summed E-state index contributed by atoms with van der Waals surface area (Å²) >= 11 is 1.38. The smallest absolute Gasteiger partial charge is 0.237 e. The topological polar surface area (TPSA) is 76.9 Å². The number of thioether (sulfide) groups is 1. The first-order valence-corrected chi connectivity index (χ1v) is 8.81. The van der Waals surface area contributed by atoms with Crippen molar-refractivity contribution in [1.29, 1.82) is 0 Å². The lowest BCUT2D eigenvalue weighted by Gasteiger charge is -2.12. The standard InChI is InChI=1S/C17H20N4O2S/c1-10(22)13-5-4-6-14(9-13)18-16(23)11(2)24-17-20-19-15(21(17)3)12-7-8-12/h4-6,9,11-12H,7-8H2,1-3H3,(H,18,23)/t11-/m1/s1. The van der Waals surface area contributed by atoms with Crippen LogP contribution < -0.4 is 5.32 Å². The van der Waals surface area contributed by atoms with E-state index in [1.807, 2.05) is 18.5 Å². The van der Waals surface area contributed by atoms with E-state index in [0.29, 0.717) is 17.2 Å². The number of amides is 1. The van der Waals surface area contributed by atoms with Crippen molar-refractivity contribution < 1.29 is 9.59 Å². The molecule has 126 valence electrons. The molecule has 0 unspecified atom stereocenters. The third kappa shape index (κ3) is 3.67. The fraction of sp³-hybridized carbons (Fsp3) is 0.412. The first-order valence-electron chi connectivity index (χ1n) is 7.93. The number of nitrogens with one attached hydrogen (secondary N) is 1. The second-order valence-corrected chi connectivity index (χ2v) is 7.37. The molecule has 1 aromatic heterocycles. The minimum atomic E-state index is -0.319. The highest BCUT2D eigenvalue weighted by Crippen LogP contribution is 2.39. The van der Waals surface area contributed by atoms with E-state index < -0.39 is 0 Å². The summed E-state index contributed by atoms with van der Waals surface area (Å²) in [6, 6.07) is 6.95. The number of benzene rings is 1. The van der Waals surface area contributed by atoms with Gasteiger partial charge in [-0.15, -0.1) is 10.2 Å². The lowest BCUT2D eigenvalue weighted by Crippen LogP contribution is -2.23. The Hall–Kier alpha value is -2.15. The first kappa shape index (κ1) is 16.7. The zero-order chi connectivity index (χ0) is 17.3. The Labute approximate surface area is 145 Å². The van der Waals surface area contributed by atoms with E-state index in [1.165, 1.54) is 31.5 Å². The van der Waals surface area contributed by atoms with Crippen molar-refractivity contribution in [3.63, 3.8) is 0 Å². The summed E-state index contributed by atoms with van der Waals surface area (Å²) in [6.07, 6.45) is 2.33. The van der Waals surface area contributed by atoms with Crippen molar-refractivity contribution in [2.45, 2.75) is 43.0 Å². The number of anilines is 1. The predicted molar refractivity (Wildman–Crippen MR) is 93.4 cm³/mol. The number of carbonyl (C=O) groups is 2. The van der Waals surface area contributed by atoms with Crippen LogP contribution in [0, 0.1) is 0 Å². The molecule has 1 N–H and O–H groups in total. The van der Waals surface area contributed by atoms with Gasteiger partial charge in [-0.05, 0) is 38.8 Å². The lowest BCUT2D eigenvalue weighted by atomic mass is 10.1. The molecule has 3 rings (SSSR count). The van der Waals surface area contributed by atoms with Crippen LogP contribution in [-0.2, 0) is 11.8 Å². The van der Waals surface area contributed by atoms with Crippen molar-refractivity contribution >= 4 is 29.1 Å². The summed E-state index contributed by atoms with van der Waals surface area (Å²) in [6.45, 7) is 3.34. The quantitative estimate of drug-likeness (QED) is 0.644. The summed E-state index contributed by atoms with van der Waals surface area (Å²) < 4.78 is 1.97. The molecule has 0 bridgehead atoms. The number of Topliss-reactive ketones (excluding diaryl/α,β-unsaturated/α-hetero) is 1. The molecule has 0 spiro atoms. The molecule has 0 aliphatic heterocycles. The molecule has 1 aromatic carbocycles. The zero-order valence-electron chi connectivity index (χ0n) is 13.9. The average Bonchev–Trinajstić information content (AvgIpc) is 3.33. The van der Waals surface area contributed by atoms with Gasteiger partial charge in [-0.3, -0.25) is 9.59 Å². The predicted octanol–water partition coefficient (Wildman–Crippen LogP) is 3.01. The van der Waals surface area contributed by atoms with Crippen LogP contribution in [0.15, 0.2) is 29.4 Å². The van der Waals surface area contributed by atoms with Gasteiger partial charge in [0.15, 0.2) is 10.9 Å². The van der Waals surface area contributed by atoms with Gasteiger partial charge in [0, 0.05) is 24.2 Å². The Morgan fingerprint density at radius 2 is 2.08 bits per heavy atom. The average molecular weight is 344 g/mol. The van der Waals surface area contributed by atoms with Crippen molar-refractivity contribution in [1.82, 2.24) is 14.8 Å². The molecule has 1 fully saturated rings. The maximum Gasteiger partial charge on any atom is 0.237 e. The molecule has 0 saturated heterocycles.